The number of carbonyl (C=O) groups excluding carboxylic acids is 1. The van der Waals surface area contributed by atoms with Gasteiger partial charge in [0.25, 0.3) is 0 Å². The highest BCUT2D eigenvalue weighted by atomic mass is 35.5. The number of ketones is 1. The highest BCUT2D eigenvalue weighted by Gasteiger charge is 2.37. The fourth-order valence-electron chi connectivity index (χ4n) is 3.30. The van der Waals surface area contributed by atoms with Gasteiger partial charge >= 0.3 is 0 Å². The summed E-state index contributed by atoms with van der Waals surface area (Å²) in [6.07, 6.45) is 2.95. The van der Waals surface area contributed by atoms with Gasteiger partial charge < -0.3 is 5.32 Å². The lowest BCUT2D eigenvalue weighted by Gasteiger charge is -2.34. The molecule has 1 aliphatic carbocycles. The normalized spacial score (nSPS) is 23.8. The van der Waals surface area contributed by atoms with E-state index in [2.05, 4.69) is 22.3 Å². The maximum absolute atomic E-state index is 12.6. The quantitative estimate of drug-likeness (QED) is 0.878. The molecule has 2 aromatic rings. The van der Waals surface area contributed by atoms with E-state index in [0.717, 1.165) is 23.3 Å². The summed E-state index contributed by atoms with van der Waals surface area (Å²) >= 11 is 5.99. The molecule has 0 saturated carbocycles. The van der Waals surface area contributed by atoms with Gasteiger partial charge in [0, 0.05) is 22.7 Å². The minimum atomic E-state index is -0.231. The first-order valence-electron chi connectivity index (χ1n) is 7.31. The molecule has 6 heteroatoms. The molecule has 0 amide bonds. The summed E-state index contributed by atoms with van der Waals surface area (Å²) in [6, 6.07) is 7.34. The van der Waals surface area contributed by atoms with Gasteiger partial charge in [-0.1, -0.05) is 30.7 Å². The van der Waals surface area contributed by atoms with Crippen LogP contribution in [0.4, 0.5) is 5.95 Å². The number of nitrogens with one attached hydrogen (secondary N) is 1. The van der Waals surface area contributed by atoms with Crippen molar-refractivity contribution in [3.8, 4) is 0 Å². The summed E-state index contributed by atoms with van der Waals surface area (Å²) in [6.45, 7) is 2.10. The van der Waals surface area contributed by atoms with Gasteiger partial charge in [0.1, 0.15) is 12.4 Å². The fourth-order valence-corrected chi connectivity index (χ4v) is 3.43. The van der Waals surface area contributed by atoms with E-state index in [1.165, 1.54) is 6.33 Å². The molecule has 1 N–H and O–H groups in total. The lowest BCUT2D eigenvalue weighted by Crippen LogP contribution is -2.33. The largest absolute Gasteiger partial charge is 0.328 e. The van der Waals surface area contributed by atoms with Crippen molar-refractivity contribution in [2.24, 2.45) is 5.92 Å². The van der Waals surface area contributed by atoms with E-state index in [-0.39, 0.29) is 11.8 Å². The molecule has 0 unspecified atom stereocenters. The number of fused-ring (bicyclic) bond motifs is 1. The first-order valence-corrected chi connectivity index (χ1v) is 7.69. The van der Waals surface area contributed by atoms with E-state index < -0.39 is 0 Å². The maximum atomic E-state index is 12.6. The minimum Gasteiger partial charge on any atom is -0.328 e. The second-order valence-electron chi connectivity index (χ2n) is 5.94. The number of aromatic nitrogens is 3. The van der Waals surface area contributed by atoms with Crippen LogP contribution in [0.25, 0.3) is 0 Å². The molecule has 1 aromatic carbocycles. The average Bonchev–Trinajstić information content (AvgIpc) is 2.93. The summed E-state index contributed by atoms with van der Waals surface area (Å²) < 4.78 is 1.77. The van der Waals surface area contributed by atoms with Gasteiger partial charge in [0.05, 0.1) is 0 Å². The van der Waals surface area contributed by atoms with Crippen molar-refractivity contribution in [3.63, 3.8) is 0 Å². The number of hydrogen-bond donors (Lipinski definition) is 1. The Hall–Kier alpha value is -2.14. The van der Waals surface area contributed by atoms with Crippen molar-refractivity contribution in [1.29, 1.82) is 0 Å². The van der Waals surface area contributed by atoms with Crippen LogP contribution < -0.4 is 5.32 Å². The Morgan fingerprint density at radius 3 is 2.82 bits per heavy atom. The van der Waals surface area contributed by atoms with Crippen LogP contribution in [-0.2, 0) is 4.79 Å². The standard InChI is InChI=1S/C16H15ClN4O/c1-9-6-12-14(13(22)7-9)15(10-2-4-11(17)5-3-10)21-16(20-12)18-8-19-21/h2-5,8-9,15H,6-7H2,1H3,(H,18,19,20)/t9-,15-/m1/s1. The third kappa shape index (κ3) is 2.04. The topological polar surface area (TPSA) is 59.8 Å². The van der Waals surface area contributed by atoms with Crippen molar-refractivity contribution >= 4 is 23.3 Å². The Kier molecular flexibility index (Phi) is 3.04. The van der Waals surface area contributed by atoms with Gasteiger partial charge in [0.2, 0.25) is 5.95 Å². The monoisotopic (exact) mass is 314 g/mol. The molecule has 1 aromatic heterocycles. The predicted molar refractivity (Wildman–Crippen MR) is 83.7 cm³/mol. The second kappa shape index (κ2) is 4.95. The van der Waals surface area contributed by atoms with E-state index in [1.54, 1.807) is 4.68 Å². The summed E-state index contributed by atoms with van der Waals surface area (Å²) in [5.41, 5.74) is 2.77. The van der Waals surface area contributed by atoms with Crippen LogP contribution in [0.2, 0.25) is 5.02 Å². The van der Waals surface area contributed by atoms with Gasteiger partial charge in [-0.3, -0.25) is 4.79 Å². The maximum Gasteiger partial charge on any atom is 0.226 e. The number of rotatable bonds is 1. The third-order valence-corrected chi connectivity index (χ3v) is 4.50. The van der Waals surface area contributed by atoms with Crippen molar-refractivity contribution in [2.45, 2.75) is 25.8 Å². The van der Waals surface area contributed by atoms with Gasteiger partial charge in [-0.05, 0) is 30.0 Å². The number of benzene rings is 1. The molecular weight excluding hydrogens is 300 g/mol. The van der Waals surface area contributed by atoms with Crippen molar-refractivity contribution in [3.05, 3.63) is 52.4 Å². The summed E-state index contributed by atoms with van der Waals surface area (Å²) in [4.78, 5) is 16.9. The number of anilines is 1. The number of carbonyl (C=O) groups is 1. The Morgan fingerprint density at radius 1 is 1.27 bits per heavy atom. The minimum absolute atomic E-state index is 0.183. The molecule has 2 heterocycles. The first-order chi connectivity index (χ1) is 10.6. The Labute approximate surface area is 133 Å². The highest BCUT2D eigenvalue weighted by Crippen LogP contribution is 2.40. The SMILES string of the molecule is C[C@H]1CC(=O)C2=C(C1)Nc1ncnn1[C@@H]2c1ccc(Cl)cc1. The van der Waals surface area contributed by atoms with Gasteiger partial charge in [-0.25, -0.2) is 4.68 Å². The number of halogens is 1. The molecule has 2 aliphatic rings. The zero-order valence-electron chi connectivity index (χ0n) is 12.1. The number of nitrogens with zero attached hydrogens (tertiary/aromatic N) is 3. The van der Waals surface area contributed by atoms with E-state index in [4.69, 9.17) is 11.6 Å². The zero-order valence-corrected chi connectivity index (χ0v) is 12.8. The molecule has 0 saturated heterocycles. The molecular formula is C16H15ClN4O. The van der Waals surface area contributed by atoms with Gasteiger partial charge in [-0.2, -0.15) is 10.1 Å². The Morgan fingerprint density at radius 2 is 2.05 bits per heavy atom. The molecule has 4 rings (SSSR count). The van der Waals surface area contributed by atoms with Gasteiger partial charge in [-0.15, -0.1) is 0 Å². The van der Waals surface area contributed by atoms with E-state index >= 15 is 0 Å². The van der Waals surface area contributed by atoms with Crippen LogP contribution in [0.5, 0.6) is 0 Å². The molecule has 112 valence electrons. The van der Waals surface area contributed by atoms with Gasteiger partial charge in [0.15, 0.2) is 5.78 Å². The molecule has 1 aliphatic heterocycles. The van der Waals surface area contributed by atoms with Crippen LogP contribution in [0.15, 0.2) is 41.9 Å². The smallest absolute Gasteiger partial charge is 0.226 e. The highest BCUT2D eigenvalue weighted by molar-refractivity contribution is 6.30. The van der Waals surface area contributed by atoms with Crippen LogP contribution in [0, 0.1) is 5.92 Å². The third-order valence-electron chi connectivity index (χ3n) is 4.25. The molecule has 22 heavy (non-hydrogen) atoms. The van der Waals surface area contributed by atoms with Crippen LogP contribution in [0.1, 0.15) is 31.4 Å². The van der Waals surface area contributed by atoms with E-state index in [9.17, 15) is 4.79 Å². The second-order valence-corrected chi connectivity index (χ2v) is 6.37. The van der Waals surface area contributed by atoms with Crippen molar-refractivity contribution in [2.75, 3.05) is 5.32 Å². The summed E-state index contributed by atoms with van der Waals surface area (Å²) in [7, 11) is 0. The lowest BCUT2D eigenvalue weighted by molar-refractivity contribution is -0.117. The van der Waals surface area contributed by atoms with Crippen molar-refractivity contribution < 1.29 is 4.79 Å². The van der Waals surface area contributed by atoms with E-state index in [0.29, 0.717) is 23.3 Å². The molecule has 0 radical (unpaired) electrons. The summed E-state index contributed by atoms with van der Waals surface area (Å²) in [5, 5.41) is 8.25. The van der Waals surface area contributed by atoms with Crippen LogP contribution in [-0.4, -0.2) is 20.5 Å². The van der Waals surface area contributed by atoms with Crippen LogP contribution >= 0.6 is 11.6 Å². The fraction of sp³-hybridized carbons (Fsp3) is 0.312. The number of Topliss-reactive ketones (excluding diaryl/α,β-unsaturated/α-hetero) is 1. The Balaban J connectivity index is 1.89. The summed E-state index contributed by atoms with van der Waals surface area (Å²) in [5.74, 6) is 1.21. The molecule has 0 bridgehead atoms. The lowest BCUT2D eigenvalue weighted by atomic mass is 9.81. The molecule has 0 spiro atoms. The average molecular weight is 315 g/mol. The first kappa shape index (κ1) is 13.5. The predicted octanol–water partition coefficient (Wildman–Crippen LogP) is 3.20. The molecule has 5 nitrogen and oxygen atoms in total. The number of hydrogen-bond acceptors (Lipinski definition) is 4. The number of allylic oxidation sites excluding steroid dienone is 2. The Bertz CT molecular complexity index is 778. The molecule has 2 atom stereocenters. The van der Waals surface area contributed by atoms with Crippen LogP contribution in [0.3, 0.4) is 0 Å². The molecule has 0 fully saturated rings. The van der Waals surface area contributed by atoms with E-state index in [1.807, 2.05) is 24.3 Å². The van der Waals surface area contributed by atoms with Crippen molar-refractivity contribution in [1.82, 2.24) is 14.8 Å². The zero-order chi connectivity index (χ0) is 15.3.